The molecule has 0 aromatic heterocycles. The molecular formula is C13H17BrFNO2. The minimum Gasteiger partial charge on any atom is -0.388 e. The van der Waals surface area contributed by atoms with Crippen molar-refractivity contribution in [3.8, 4) is 0 Å². The number of aliphatic hydroxyl groups is 1. The first-order valence-electron chi connectivity index (χ1n) is 5.54. The highest BCUT2D eigenvalue weighted by molar-refractivity contribution is 9.10. The first-order valence-corrected chi connectivity index (χ1v) is 6.34. The van der Waals surface area contributed by atoms with Gasteiger partial charge in [-0.25, -0.2) is 4.39 Å². The van der Waals surface area contributed by atoms with E-state index in [9.17, 15) is 14.3 Å². The van der Waals surface area contributed by atoms with Crippen LogP contribution in [0, 0.1) is 5.82 Å². The quantitative estimate of drug-likeness (QED) is 0.900. The minimum atomic E-state index is -1.12. The fourth-order valence-corrected chi connectivity index (χ4v) is 1.54. The van der Waals surface area contributed by atoms with Gasteiger partial charge in [0.15, 0.2) is 0 Å². The maximum absolute atomic E-state index is 13.5. The molecule has 5 heteroatoms. The van der Waals surface area contributed by atoms with Crippen molar-refractivity contribution in [2.75, 3.05) is 0 Å². The van der Waals surface area contributed by atoms with Crippen molar-refractivity contribution < 1.29 is 14.3 Å². The Morgan fingerprint density at radius 1 is 1.33 bits per heavy atom. The van der Waals surface area contributed by atoms with Crippen molar-refractivity contribution >= 4 is 21.8 Å². The van der Waals surface area contributed by atoms with Crippen LogP contribution >= 0.6 is 15.9 Å². The molecule has 1 rings (SSSR count). The van der Waals surface area contributed by atoms with Crippen LogP contribution in [0.3, 0.4) is 0 Å². The summed E-state index contributed by atoms with van der Waals surface area (Å²) in [6, 6.07) is 4.15. The van der Waals surface area contributed by atoms with E-state index in [-0.39, 0.29) is 5.56 Å². The lowest BCUT2D eigenvalue weighted by molar-refractivity contribution is -0.00300. The molecule has 0 aliphatic carbocycles. The van der Waals surface area contributed by atoms with Gasteiger partial charge in [0.05, 0.1) is 16.7 Å². The number of nitrogens with one attached hydrogen (secondary N) is 1. The number of hydrogen-bond acceptors (Lipinski definition) is 2. The van der Waals surface area contributed by atoms with Crippen molar-refractivity contribution in [2.24, 2.45) is 0 Å². The van der Waals surface area contributed by atoms with E-state index in [4.69, 9.17) is 0 Å². The summed E-state index contributed by atoms with van der Waals surface area (Å²) < 4.78 is 14.2. The van der Waals surface area contributed by atoms with E-state index in [1.807, 2.05) is 0 Å². The van der Waals surface area contributed by atoms with Crippen LogP contribution in [-0.4, -0.2) is 22.2 Å². The number of carbonyl (C=O) groups excluding carboxylic acids is 1. The van der Waals surface area contributed by atoms with E-state index in [2.05, 4.69) is 21.2 Å². The van der Waals surface area contributed by atoms with Crippen LogP contribution in [0.1, 0.15) is 38.1 Å². The number of hydrogen-bond donors (Lipinski definition) is 2. The van der Waals surface area contributed by atoms with Gasteiger partial charge in [-0.2, -0.15) is 0 Å². The first-order chi connectivity index (χ1) is 8.04. The molecule has 0 spiro atoms. The molecule has 100 valence electrons. The third-order valence-electron chi connectivity index (χ3n) is 3.13. The molecule has 1 amide bonds. The Labute approximate surface area is 115 Å². The Hall–Kier alpha value is -0.940. The molecule has 0 radical (unpaired) electrons. The fraction of sp³-hybridized carbons (Fsp3) is 0.462. The monoisotopic (exact) mass is 317 g/mol. The van der Waals surface area contributed by atoms with Crippen molar-refractivity contribution in [1.29, 1.82) is 0 Å². The predicted molar refractivity (Wildman–Crippen MR) is 71.9 cm³/mol. The minimum absolute atomic E-state index is 0.0540. The molecular weight excluding hydrogens is 301 g/mol. The summed E-state index contributed by atoms with van der Waals surface area (Å²) in [6.45, 7) is 6.54. The summed E-state index contributed by atoms with van der Waals surface area (Å²) in [5.74, 6) is -1.15. The Bertz CT molecular complexity index is 467. The normalized spacial score (nSPS) is 12.4. The van der Waals surface area contributed by atoms with Crippen molar-refractivity contribution in [3.05, 3.63) is 34.1 Å². The summed E-state index contributed by atoms with van der Waals surface area (Å²) in [6.07, 6.45) is 0. The zero-order valence-corrected chi connectivity index (χ0v) is 12.4. The highest BCUT2D eigenvalue weighted by Gasteiger charge is 2.36. The van der Waals surface area contributed by atoms with Crippen LogP contribution in [0.25, 0.3) is 0 Å². The zero-order chi connectivity index (χ0) is 14.1. The molecule has 0 aliphatic heterocycles. The Kier molecular flexibility index (Phi) is 4.18. The maximum atomic E-state index is 13.5. The summed E-state index contributed by atoms with van der Waals surface area (Å²) in [4.78, 5) is 12.0. The SMILES string of the molecule is CC(C)(O)C(C)(C)NC(=O)c1cc(Br)ccc1F. The predicted octanol–water partition coefficient (Wildman–Crippen LogP) is 2.87. The molecule has 0 saturated carbocycles. The van der Waals surface area contributed by atoms with E-state index in [0.29, 0.717) is 4.47 Å². The maximum Gasteiger partial charge on any atom is 0.254 e. The molecule has 18 heavy (non-hydrogen) atoms. The lowest BCUT2D eigenvalue weighted by Crippen LogP contribution is -2.57. The van der Waals surface area contributed by atoms with Gasteiger partial charge < -0.3 is 10.4 Å². The van der Waals surface area contributed by atoms with Gasteiger partial charge in [0.1, 0.15) is 5.82 Å². The lowest BCUT2D eigenvalue weighted by atomic mass is 9.85. The zero-order valence-electron chi connectivity index (χ0n) is 10.8. The van der Waals surface area contributed by atoms with Crippen LogP contribution in [0.15, 0.2) is 22.7 Å². The molecule has 1 aromatic carbocycles. The van der Waals surface area contributed by atoms with E-state index >= 15 is 0 Å². The fourth-order valence-electron chi connectivity index (χ4n) is 1.18. The van der Waals surface area contributed by atoms with Crippen LogP contribution in [0.2, 0.25) is 0 Å². The topological polar surface area (TPSA) is 49.3 Å². The Balaban J connectivity index is 3.00. The summed E-state index contributed by atoms with van der Waals surface area (Å²) >= 11 is 3.19. The average Bonchev–Trinajstić information content (AvgIpc) is 2.19. The van der Waals surface area contributed by atoms with E-state index in [1.165, 1.54) is 18.2 Å². The second-order valence-corrected chi connectivity index (χ2v) is 6.18. The molecule has 0 aliphatic rings. The number of rotatable bonds is 3. The number of carbonyl (C=O) groups is 1. The van der Waals surface area contributed by atoms with Gasteiger partial charge >= 0.3 is 0 Å². The van der Waals surface area contributed by atoms with Crippen LogP contribution in [-0.2, 0) is 0 Å². The largest absolute Gasteiger partial charge is 0.388 e. The van der Waals surface area contributed by atoms with Gasteiger partial charge in [-0.05, 0) is 45.9 Å². The molecule has 0 bridgehead atoms. The van der Waals surface area contributed by atoms with Crippen LogP contribution in [0.4, 0.5) is 4.39 Å². The van der Waals surface area contributed by atoms with E-state index < -0.39 is 22.9 Å². The first kappa shape index (κ1) is 15.1. The molecule has 0 heterocycles. The van der Waals surface area contributed by atoms with Gasteiger partial charge in [0.25, 0.3) is 5.91 Å². The molecule has 0 atom stereocenters. The molecule has 0 unspecified atom stereocenters. The van der Waals surface area contributed by atoms with Crippen molar-refractivity contribution in [3.63, 3.8) is 0 Å². The standard InChI is InChI=1S/C13H17BrFNO2/c1-12(2,13(3,4)18)16-11(17)9-7-8(14)5-6-10(9)15/h5-7,18H,1-4H3,(H,16,17). The average molecular weight is 318 g/mol. The van der Waals surface area contributed by atoms with Crippen LogP contribution < -0.4 is 5.32 Å². The molecule has 2 N–H and O–H groups in total. The number of benzene rings is 1. The summed E-state index contributed by atoms with van der Waals surface area (Å²) in [7, 11) is 0. The molecule has 0 fully saturated rings. The van der Waals surface area contributed by atoms with Gasteiger partial charge in [-0.15, -0.1) is 0 Å². The third kappa shape index (κ3) is 3.29. The third-order valence-corrected chi connectivity index (χ3v) is 3.62. The van der Waals surface area contributed by atoms with Crippen molar-refractivity contribution in [2.45, 2.75) is 38.8 Å². The summed E-state index contributed by atoms with van der Waals surface area (Å²) in [5, 5.41) is 12.6. The van der Waals surface area contributed by atoms with Gasteiger partial charge in [-0.3, -0.25) is 4.79 Å². The van der Waals surface area contributed by atoms with Gasteiger partial charge in [-0.1, -0.05) is 15.9 Å². The highest BCUT2D eigenvalue weighted by Crippen LogP contribution is 2.22. The Morgan fingerprint density at radius 2 is 1.89 bits per heavy atom. The highest BCUT2D eigenvalue weighted by atomic mass is 79.9. The number of halogens is 2. The second kappa shape index (κ2) is 4.97. The second-order valence-electron chi connectivity index (χ2n) is 5.26. The van der Waals surface area contributed by atoms with Crippen LogP contribution in [0.5, 0.6) is 0 Å². The molecule has 3 nitrogen and oxygen atoms in total. The lowest BCUT2D eigenvalue weighted by Gasteiger charge is -2.38. The molecule has 1 aromatic rings. The summed E-state index contributed by atoms with van der Waals surface area (Å²) in [5.41, 5.74) is -2.05. The number of amides is 1. The molecule has 0 saturated heterocycles. The van der Waals surface area contributed by atoms with Gasteiger partial charge in [0.2, 0.25) is 0 Å². The van der Waals surface area contributed by atoms with E-state index in [0.717, 1.165) is 0 Å². The van der Waals surface area contributed by atoms with Gasteiger partial charge in [0, 0.05) is 4.47 Å². The Morgan fingerprint density at radius 3 is 2.39 bits per heavy atom. The smallest absolute Gasteiger partial charge is 0.254 e. The van der Waals surface area contributed by atoms with Crippen molar-refractivity contribution in [1.82, 2.24) is 5.32 Å². The van der Waals surface area contributed by atoms with E-state index in [1.54, 1.807) is 27.7 Å².